The first kappa shape index (κ1) is 26.9. The first-order chi connectivity index (χ1) is 18.1. The van der Waals surface area contributed by atoms with Gasteiger partial charge in [0.2, 0.25) is 5.95 Å². The van der Waals surface area contributed by atoms with Crippen molar-refractivity contribution in [3.63, 3.8) is 0 Å². The van der Waals surface area contributed by atoms with Crippen molar-refractivity contribution in [2.24, 2.45) is 0 Å². The lowest BCUT2D eigenvalue weighted by Gasteiger charge is -2.38. The highest BCUT2D eigenvalue weighted by molar-refractivity contribution is 7.09. The zero-order chi connectivity index (χ0) is 27.3. The molecule has 0 radical (unpaired) electrons. The van der Waals surface area contributed by atoms with Crippen LogP contribution in [0, 0.1) is 0 Å². The molecular weight excluding hydrogens is 525 g/mol. The topological polar surface area (TPSA) is 129 Å². The SMILES string of the molecule is CN1CCN(c2ncccn2)CC1c1nnc2ccc(C(=O)NCc3cccs3)cn12.O=C(O)C(F)(F)F. The second-order valence-corrected chi connectivity index (χ2v) is 9.29. The first-order valence-corrected chi connectivity index (χ1v) is 12.2. The summed E-state index contributed by atoms with van der Waals surface area (Å²) in [4.78, 5) is 35.9. The van der Waals surface area contributed by atoms with Crippen LogP contribution in [-0.4, -0.2) is 79.3 Å². The number of aliphatic carboxylic acids is 1. The van der Waals surface area contributed by atoms with Gasteiger partial charge >= 0.3 is 12.1 Å². The maximum atomic E-state index is 12.7. The average molecular weight is 549 g/mol. The minimum absolute atomic E-state index is 0.00279. The smallest absolute Gasteiger partial charge is 0.475 e. The van der Waals surface area contributed by atoms with Crippen LogP contribution < -0.4 is 10.2 Å². The van der Waals surface area contributed by atoms with Crippen LogP contribution in [0.2, 0.25) is 0 Å². The number of alkyl halides is 3. The molecule has 38 heavy (non-hydrogen) atoms. The molecule has 5 rings (SSSR count). The second-order valence-electron chi connectivity index (χ2n) is 8.26. The van der Waals surface area contributed by atoms with E-state index in [4.69, 9.17) is 9.90 Å². The van der Waals surface area contributed by atoms with Crippen LogP contribution in [0.1, 0.15) is 27.1 Å². The van der Waals surface area contributed by atoms with E-state index in [0.717, 1.165) is 23.8 Å². The van der Waals surface area contributed by atoms with Crippen molar-refractivity contribution in [2.45, 2.75) is 18.8 Å². The minimum Gasteiger partial charge on any atom is -0.475 e. The Bertz CT molecular complexity index is 1380. The quantitative estimate of drug-likeness (QED) is 0.387. The number of halogens is 3. The molecule has 5 heterocycles. The highest BCUT2D eigenvalue weighted by Gasteiger charge is 2.38. The summed E-state index contributed by atoms with van der Waals surface area (Å²) in [5, 5.41) is 20.9. The van der Waals surface area contributed by atoms with E-state index >= 15 is 0 Å². The Labute approximate surface area is 218 Å². The van der Waals surface area contributed by atoms with Crippen LogP contribution in [0.15, 0.2) is 54.3 Å². The summed E-state index contributed by atoms with van der Waals surface area (Å²) in [7, 11) is 2.08. The molecule has 2 N–H and O–H groups in total. The lowest BCUT2D eigenvalue weighted by Crippen LogP contribution is -2.47. The van der Waals surface area contributed by atoms with Gasteiger partial charge in [0.25, 0.3) is 5.91 Å². The molecule has 0 spiro atoms. The van der Waals surface area contributed by atoms with E-state index in [1.54, 1.807) is 29.8 Å². The number of amides is 1. The number of piperazine rings is 1. The predicted octanol–water partition coefficient (Wildman–Crippen LogP) is 2.64. The number of rotatable bonds is 5. The number of hydrogen-bond acceptors (Lipinski definition) is 9. The third-order valence-corrected chi connectivity index (χ3v) is 6.59. The molecule has 1 fully saturated rings. The van der Waals surface area contributed by atoms with Crippen molar-refractivity contribution < 1.29 is 27.9 Å². The number of nitrogens with zero attached hydrogens (tertiary/aromatic N) is 7. The van der Waals surface area contributed by atoms with E-state index in [1.165, 1.54) is 0 Å². The summed E-state index contributed by atoms with van der Waals surface area (Å²) >= 11 is 1.62. The van der Waals surface area contributed by atoms with Crippen LogP contribution in [-0.2, 0) is 11.3 Å². The Hall–Kier alpha value is -4.11. The molecule has 0 bridgehead atoms. The number of hydrogen-bond donors (Lipinski definition) is 2. The zero-order valence-electron chi connectivity index (χ0n) is 20.0. The van der Waals surface area contributed by atoms with E-state index in [1.807, 2.05) is 40.2 Å². The highest BCUT2D eigenvalue weighted by Crippen LogP contribution is 2.25. The van der Waals surface area contributed by atoms with Crippen molar-refractivity contribution >= 4 is 34.8 Å². The molecule has 15 heteroatoms. The predicted molar refractivity (Wildman–Crippen MR) is 132 cm³/mol. The summed E-state index contributed by atoms with van der Waals surface area (Å²) in [5.41, 5.74) is 1.29. The number of carboxylic acids is 1. The summed E-state index contributed by atoms with van der Waals surface area (Å²) < 4.78 is 33.6. The Morgan fingerprint density at radius 2 is 1.87 bits per heavy atom. The van der Waals surface area contributed by atoms with Crippen LogP contribution in [0.5, 0.6) is 0 Å². The number of anilines is 1. The molecular formula is C23H23F3N8O3S. The number of likely N-dealkylation sites (N-methyl/N-ethyl adjacent to an activating group) is 1. The van der Waals surface area contributed by atoms with Gasteiger partial charge < -0.3 is 15.3 Å². The second kappa shape index (κ2) is 11.5. The number of carbonyl (C=O) groups is 2. The molecule has 11 nitrogen and oxygen atoms in total. The van der Waals surface area contributed by atoms with E-state index in [-0.39, 0.29) is 11.9 Å². The molecule has 0 saturated carbocycles. The maximum absolute atomic E-state index is 12.7. The van der Waals surface area contributed by atoms with Crippen molar-refractivity contribution in [1.29, 1.82) is 0 Å². The van der Waals surface area contributed by atoms with Crippen molar-refractivity contribution in [3.8, 4) is 0 Å². The summed E-state index contributed by atoms with van der Waals surface area (Å²) in [5.74, 6) is -1.37. The van der Waals surface area contributed by atoms with Gasteiger partial charge in [-0.2, -0.15) is 13.2 Å². The van der Waals surface area contributed by atoms with Crippen LogP contribution in [0.4, 0.5) is 19.1 Å². The molecule has 0 aliphatic carbocycles. The number of fused-ring (bicyclic) bond motifs is 1. The Morgan fingerprint density at radius 3 is 2.53 bits per heavy atom. The molecule has 1 aliphatic heterocycles. The molecule has 200 valence electrons. The van der Waals surface area contributed by atoms with Crippen LogP contribution in [0.25, 0.3) is 5.65 Å². The number of thiophene rings is 1. The van der Waals surface area contributed by atoms with Gasteiger partial charge in [0.15, 0.2) is 11.5 Å². The average Bonchev–Trinajstić information content (AvgIpc) is 3.58. The fourth-order valence-electron chi connectivity index (χ4n) is 3.74. The minimum atomic E-state index is -5.08. The van der Waals surface area contributed by atoms with Crippen LogP contribution >= 0.6 is 11.3 Å². The van der Waals surface area contributed by atoms with Gasteiger partial charge in [0.1, 0.15) is 0 Å². The number of pyridine rings is 1. The number of nitrogens with one attached hydrogen (secondary N) is 1. The first-order valence-electron chi connectivity index (χ1n) is 11.3. The Kier molecular flexibility index (Phi) is 8.16. The molecule has 4 aromatic heterocycles. The van der Waals surface area contributed by atoms with Gasteiger partial charge in [-0.25, -0.2) is 14.8 Å². The van der Waals surface area contributed by atoms with Gasteiger partial charge in [0.05, 0.1) is 18.2 Å². The molecule has 1 atom stereocenters. The largest absolute Gasteiger partial charge is 0.490 e. The number of carbonyl (C=O) groups excluding carboxylic acids is 1. The van der Waals surface area contributed by atoms with E-state index in [2.05, 4.69) is 42.3 Å². The number of aromatic nitrogens is 5. The zero-order valence-corrected chi connectivity index (χ0v) is 20.9. The van der Waals surface area contributed by atoms with Crippen molar-refractivity contribution in [1.82, 2.24) is 34.8 Å². The summed E-state index contributed by atoms with van der Waals surface area (Å²) in [6.07, 6.45) is 0.243. The molecule has 1 aliphatic rings. The summed E-state index contributed by atoms with van der Waals surface area (Å²) in [6.45, 7) is 2.89. The Balaban J connectivity index is 0.000000426. The molecule has 0 aromatic carbocycles. The fraction of sp³-hybridized carbons (Fsp3) is 0.304. The molecule has 4 aromatic rings. The van der Waals surface area contributed by atoms with Gasteiger partial charge in [-0.1, -0.05) is 6.07 Å². The van der Waals surface area contributed by atoms with Gasteiger partial charge in [-0.05, 0) is 36.7 Å². The van der Waals surface area contributed by atoms with Crippen molar-refractivity contribution in [3.05, 3.63) is 70.6 Å². The monoisotopic (exact) mass is 548 g/mol. The Morgan fingerprint density at radius 1 is 1.13 bits per heavy atom. The van der Waals surface area contributed by atoms with E-state index in [0.29, 0.717) is 30.2 Å². The fourth-order valence-corrected chi connectivity index (χ4v) is 4.39. The summed E-state index contributed by atoms with van der Waals surface area (Å²) in [6, 6.07) is 9.41. The van der Waals surface area contributed by atoms with Crippen molar-refractivity contribution in [2.75, 3.05) is 31.6 Å². The molecule has 1 saturated heterocycles. The van der Waals surface area contributed by atoms with Gasteiger partial charge in [-0.3, -0.25) is 14.1 Å². The standard InChI is InChI=1S/C21H22N8OS.C2HF3O2/c1-27-9-10-28(21-22-7-3-8-23-21)14-17(27)19-26-25-18-6-5-15(13-29(18)19)20(30)24-12-16-4-2-11-31-16;3-2(4,5)1(6)7/h2-8,11,13,17H,9-10,12,14H2,1H3,(H,24,30);(H,6,7). The molecule has 1 amide bonds. The van der Waals surface area contributed by atoms with E-state index < -0.39 is 12.1 Å². The van der Waals surface area contributed by atoms with Gasteiger partial charge in [-0.15, -0.1) is 21.5 Å². The van der Waals surface area contributed by atoms with Crippen LogP contribution in [0.3, 0.4) is 0 Å². The number of carboxylic acid groups (broad SMARTS) is 1. The normalized spacial score (nSPS) is 16.1. The lowest BCUT2D eigenvalue weighted by atomic mass is 10.1. The maximum Gasteiger partial charge on any atom is 0.490 e. The molecule has 1 unspecified atom stereocenters. The lowest BCUT2D eigenvalue weighted by molar-refractivity contribution is -0.192. The van der Waals surface area contributed by atoms with E-state index in [9.17, 15) is 18.0 Å². The third-order valence-electron chi connectivity index (χ3n) is 5.72. The third kappa shape index (κ3) is 6.41. The highest BCUT2D eigenvalue weighted by atomic mass is 32.1. The van der Waals surface area contributed by atoms with Gasteiger partial charge in [0, 0.05) is 43.1 Å².